The third-order valence-electron chi connectivity index (χ3n) is 2.94. The van der Waals surface area contributed by atoms with E-state index in [4.69, 9.17) is 16.7 Å². The number of sulfonamides is 1. The highest BCUT2D eigenvalue weighted by atomic mass is 35.5. The van der Waals surface area contributed by atoms with E-state index in [1.54, 1.807) is 13.8 Å². The van der Waals surface area contributed by atoms with Crippen molar-refractivity contribution in [1.82, 2.24) is 4.72 Å². The van der Waals surface area contributed by atoms with Gasteiger partial charge in [-0.15, -0.1) is 0 Å². The fourth-order valence-corrected chi connectivity index (χ4v) is 3.40. The molecule has 0 saturated heterocycles. The van der Waals surface area contributed by atoms with Crippen LogP contribution >= 0.6 is 11.6 Å². The minimum absolute atomic E-state index is 0.300. The lowest BCUT2D eigenvalue weighted by atomic mass is 10.0. The molecule has 2 atom stereocenters. The molecule has 1 rings (SSSR count). The molecule has 0 aliphatic carbocycles. The minimum atomic E-state index is -4.14. The monoisotopic (exact) mass is 323 g/mol. The second-order valence-corrected chi connectivity index (χ2v) is 6.49. The first-order valence-electron chi connectivity index (χ1n) is 5.89. The van der Waals surface area contributed by atoms with Gasteiger partial charge in [-0.25, -0.2) is 12.8 Å². The van der Waals surface area contributed by atoms with Crippen LogP contribution in [0.5, 0.6) is 0 Å². The highest BCUT2D eigenvalue weighted by Gasteiger charge is 2.30. The molecule has 0 aliphatic rings. The molecular weight excluding hydrogens is 309 g/mol. The number of carbonyl (C=O) groups is 1. The molecule has 0 aromatic heterocycles. The van der Waals surface area contributed by atoms with Crippen molar-refractivity contribution in [3.8, 4) is 0 Å². The molecule has 0 amide bonds. The Kier molecular flexibility index (Phi) is 5.50. The zero-order valence-electron chi connectivity index (χ0n) is 10.9. The van der Waals surface area contributed by atoms with Crippen molar-refractivity contribution in [3.63, 3.8) is 0 Å². The molecule has 0 spiro atoms. The van der Waals surface area contributed by atoms with Crippen LogP contribution in [0.2, 0.25) is 5.02 Å². The summed E-state index contributed by atoms with van der Waals surface area (Å²) < 4.78 is 39.2. The molecule has 0 fully saturated rings. The molecule has 0 radical (unpaired) electrons. The molecule has 0 bridgehead atoms. The number of nitrogens with one attached hydrogen (secondary N) is 1. The van der Waals surface area contributed by atoms with Gasteiger partial charge in [0.15, 0.2) is 0 Å². The average molecular weight is 324 g/mol. The van der Waals surface area contributed by atoms with Gasteiger partial charge < -0.3 is 5.11 Å². The number of hydrogen-bond donors (Lipinski definition) is 2. The Morgan fingerprint density at radius 2 is 2.10 bits per heavy atom. The first-order valence-corrected chi connectivity index (χ1v) is 7.75. The van der Waals surface area contributed by atoms with E-state index in [9.17, 15) is 17.6 Å². The van der Waals surface area contributed by atoms with E-state index < -0.39 is 33.8 Å². The third kappa shape index (κ3) is 3.91. The predicted molar refractivity (Wildman–Crippen MR) is 72.6 cm³/mol. The molecular formula is C12H15ClFNO4S. The van der Waals surface area contributed by atoms with Crippen LogP contribution in [-0.4, -0.2) is 25.5 Å². The first kappa shape index (κ1) is 16.9. The molecule has 8 heteroatoms. The van der Waals surface area contributed by atoms with Gasteiger partial charge in [0.25, 0.3) is 0 Å². The molecule has 0 heterocycles. The summed E-state index contributed by atoms with van der Waals surface area (Å²) in [6, 6.07) is 1.52. The quantitative estimate of drug-likeness (QED) is 0.841. The van der Waals surface area contributed by atoms with Gasteiger partial charge in [0.2, 0.25) is 10.0 Å². The van der Waals surface area contributed by atoms with Crippen molar-refractivity contribution in [2.75, 3.05) is 0 Å². The van der Waals surface area contributed by atoms with Crippen LogP contribution in [0, 0.1) is 11.7 Å². The Morgan fingerprint density at radius 1 is 1.50 bits per heavy atom. The Hall–Kier alpha value is -1.18. The van der Waals surface area contributed by atoms with Crippen LogP contribution in [-0.2, 0) is 14.8 Å². The summed E-state index contributed by atoms with van der Waals surface area (Å²) >= 11 is 5.68. The summed E-state index contributed by atoms with van der Waals surface area (Å²) in [5.41, 5.74) is 0. The molecule has 20 heavy (non-hydrogen) atoms. The molecule has 0 saturated carbocycles. The first-order chi connectivity index (χ1) is 9.19. The average Bonchev–Trinajstić information content (AvgIpc) is 2.34. The molecule has 1 aromatic carbocycles. The number of hydrogen-bond acceptors (Lipinski definition) is 3. The lowest BCUT2D eigenvalue weighted by molar-refractivity contribution is -0.140. The number of halogens is 2. The molecule has 112 valence electrons. The van der Waals surface area contributed by atoms with Gasteiger partial charge in [-0.2, -0.15) is 4.72 Å². The number of rotatable bonds is 6. The molecule has 2 N–H and O–H groups in total. The molecule has 1 unspecified atom stereocenters. The van der Waals surface area contributed by atoms with Crippen LogP contribution in [0.25, 0.3) is 0 Å². The van der Waals surface area contributed by atoms with Gasteiger partial charge in [0.05, 0.1) is 5.02 Å². The Morgan fingerprint density at radius 3 is 2.55 bits per heavy atom. The van der Waals surface area contributed by atoms with Crippen LogP contribution in [0.4, 0.5) is 4.39 Å². The fourth-order valence-electron chi connectivity index (χ4n) is 1.57. The highest BCUT2D eigenvalue weighted by molar-refractivity contribution is 7.89. The maximum atomic E-state index is 12.9. The summed E-state index contributed by atoms with van der Waals surface area (Å²) in [6.07, 6.45) is 0.483. The number of carboxylic acids is 1. The lowest BCUT2D eigenvalue weighted by Gasteiger charge is -2.20. The van der Waals surface area contributed by atoms with E-state index in [0.717, 1.165) is 18.2 Å². The van der Waals surface area contributed by atoms with E-state index in [1.165, 1.54) is 0 Å². The predicted octanol–water partition coefficient (Wildman–Crippen LogP) is 2.26. The van der Waals surface area contributed by atoms with Crippen molar-refractivity contribution < 1.29 is 22.7 Å². The third-order valence-corrected chi connectivity index (χ3v) is 4.87. The van der Waals surface area contributed by atoms with Crippen LogP contribution in [0.3, 0.4) is 0 Å². The topological polar surface area (TPSA) is 83.5 Å². The number of benzene rings is 1. The summed E-state index contributed by atoms with van der Waals surface area (Å²) in [5.74, 6) is -2.35. The Labute approximate surface area is 121 Å². The summed E-state index contributed by atoms with van der Waals surface area (Å²) in [4.78, 5) is 10.8. The number of aliphatic carboxylic acids is 1. The number of carboxylic acid groups (broad SMARTS) is 1. The van der Waals surface area contributed by atoms with Gasteiger partial charge in [0.1, 0.15) is 16.8 Å². The van der Waals surface area contributed by atoms with Gasteiger partial charge in [-0.05, 0) is 24.1 Å². The smallest absolute Gasteiger partial charge is 0.322 e. The van der Waals surface area contributed by atoms with E-state index >= 15 is 0 Å². The minimum Gasteiger partial charge on any atom is -0.480 e. The second-order valence-electron chi connectivity index (χ2n) is 4.40. The van der Waals surface area contributed by atoms with Gasteiger partial charge >= 0.3 is 5.97 Å². The van der Waals surface area contributed by atoms with E-state index in [0.29, 0.717) is 6.42 Å². The summed E-state index contributed by atoms with van der Waals surface area (Å²) in [5, 5.41) is 8.78. The normalized spacial score (nSPS) is 14.8. The zero-order chi connectivity index (χ0) is 15.5. The van der Waals surface area contributed by atoms with Gasteiger partial charge in [-0.1, -0.05) is 31.9 Å². The largest absolute Gasteiger partial charge is 0.480 e. The van der Waals surface area contributed by atoms with Crippen molar-refractivity contribution >= 4 is 27.6 Å². The second kappa shape index (κ2) is 6.51. The Balaban J connectivity index is 3.13. The van der Waals surface area contributed by atoms with Crippen molar-refractivity contribution in [3.05, 3.63) is 29.0 Å². The molecule has 1 aromatic rings. The maximum Gasteiger partial charge on any atom is 0.322 e. The molecule has 0 aliphatic heterocycles. The van der Waals surface area contributed by atoms with Crippen molar-refractivity contribution in [2.24, 2.45) is 5.92 Å². The van der Waals surface area contributed by atoms with E-state index in [1.807, 2.05) is 0 Å². The SMILES string of the molecule is CCC(C)[C@H](NS(=O)(=O)c1ccc(F)cc1Cl)C(=O)O. The van der Waals surface area contributed by atoms with Gasteiger partial charge in [-0.3, -0.25) is 4.79 Å². The standard InChI is InChI=1S/C12H15ClFNO4S/c1-3-7(2)11(12(16)17)15-20(18,19)10-5-4-8(14)6-9(10)13/h4-7,11,15H,3H2,1-2H3,(H,16,17)/t7?,11-/m0/s1. The maximum absolute atomic E-state index is 12.9. The van der Waals surface area contributed by atoms with Crippen LogP contribution in [0.15, 0.2) is 23.1 Å². The van der Waals surface area contributed by atoms with Crippen LogP contribution < -0.4 is 4.72 Å². The summed E-state index contributed by atoms with van der Waals surface area (Å²) in [7, 11) is -4.14. The fraction of sp³-hybridized carbons (Fsp3) is 0.417. The molecule has 5 nitrogen and oxygen atoms in total. The summed E-state index contributed by atoms with van der Waals surface area (Å²) in [6.45, 7) is 3.37. The van der Waals surface area contributed by atoms with Gasteiger partial charge in [0, 0.05) is 0 Å². The van der Waals surface area contributed by atoms with Crippen molar-refractivity contribution in [1.29, 1.82) is 0 Å². The zero-order valence-corrected chi connectivity index (χ0v) is 12.5. The van der Waals surface area contributed by atoms with E-state index in [2.05, 4.69) is 4.72 Å². The Bertz CT molecular complexity index is 605. The highest BCUT2D eigenvalue weighted by Crippen LogP contribution is 2.23. The van der Waals surface area contributed by atoms with E-state index in [-0.39, 0.29) is 9.92 Å². The lowest BCUT2D eigenvalue weighted by Crippen LogP contribution is -2.44. The van der Waals surface area contributed by atoms with Crippen molar-refractivity contribution in [2.45, 2.75) is 31.2 Å². The van der Waals surface area contributed by atoms with Crippen LogP contribution in [0.1, 0.15) is 20.3 Å².